The predicted molar refractivity (Wildman–Crippen MR) is 57.7 cm³/mol. The van der Waals surface area contributed by atoms with E-state index in [-0.39, 0.29) is 0 Å². The van der Waals surface area contributed by atoms with Crippen molar-refractivity contribution in [2.75, 3.05) is 13.1 Å². The molecule has 1 aliphatic rings. The van der Waals surface area contributed by atoms with Crippen LogP contribution in [0.5, 0.6) is 0 Å². The maximum atomic E-state index is 5.78. The van der Waals surface area contributed by atoms with Gasteiger partial charge in [0, 0.05) is 18.6 Å². The number of nitrogens with two attached hydrogens (primary N) is 1. The summed E-state index contributed by atoms with van der Waals surface area (Å²) in [5, 5.41) is 0. The third-order valence-corrected chi connectivity index (χ3v) is 3.63. The van der Waals surface area contributed by atoms with Gasteiger partial charge in [-0.15, -0.1) is 0 Å². The molecule has 1 rings (SSSR count). The lowest BCUT2D eigenvalue weighted by molar-refractivity contribution is 0.0695. The monoisotopic (exact) mass is 184 g/mol. The van der Waals surface area contributed by atoms with Crippen LogP contribution in [-0.2, 0) is 0 Å². The van der Waals surface area contributed by atoms with Gasteiger partial charge >= 0.3 is 0 Å². The van der Waals surface area contributed by atoms with Crippen molar-refractivity contribution in [3.05, 3.63) is 0 Å². The first-order chi connectivity index (χ1) is 6.20. The second-order valence-electron chi connectivity index (χ2n) is 4.40. The fourth-order valence-corrected chi connectivity index (χ4v) is 2.42. The molecule has 3 atom stereocenters. The summed E-state index contributed by atoms with van der Waals surface area (Å²) < 4.78 is 0. The highest BCUT2D eigenvalue weighted by molar-refractivity contribution is 4.83. The van der Waals surface area contributed by atoms with Gasteiger partial charge < -0.3 is 5.73 Å². The summed E-state index contributed by atoms with van der Waals surface area (Å²) >= 11 is 0. The van der Waals surface area contributed by atoms with E-state index in [1.165, 1.54) is 25.8 Å². The Balaban J connectivity index is 2.55. The molecule has 78 valence electrons. The first-order valence-electron chi connectivity index (χ1n) is 5.66. The zero-order valence-corrected chi connectivity index (χ0v) is 9.29. The third kappa shape index (κ3) is 2.44. The van der Waals surface area contributed by atoms with Crippen LogP contribution in [0.25, 0.3) is 0 Å². The van der Waals surface area contributed by atoms with Crippen molar-refractivity contribution in [2.24, 2.45) is 11.7 Å². The van der Waals surface area contributed by atoms with E-state index in [0.717, 1.165) is 18.5 Å². The average molecular weight is 184 g/mol. The molecule has 0 saturated carbocycles. The normalized spacial score (nSPS) is 33.2. The molecule has 2 nitrogen and oxygen atoms in total. The van der Waals surface area contributed by atoms with E-state index in [9.17, 15) is 0 Å². The molecular weight excluding hydrogens is 160 g/mol. The number of likely N-dealkylation sites (tertiary alicyclic amines) is 1. The van der Waals surface area contributed by atoms with E-state index >= 15 is 0 Å². The SMILES string of the molecule is CCC(CN)N1CCCC(C)C1C. The molecular formula is C11H24N2. The highest BCUT2D eigenvalue weighted by Gasteiger charge is 2.28. The standard InChI is InChI=1S/C11H24N2/c1-4-11(8-12)13-7-5-6-9(2)10(13)3/h9-11H,4-8,12H2,1-3H3. The van der Waals surface area contributed by atoms with Crippen molar-refractivity contribution >= 4 is 0 Å². The maximum absolute atomic E-state index is 5.78. The molecule has 1 saturated heterocycles. The van der Waals surface area contributed by atoms with E-state index in [1.807, 2.05) is 0 Å². The van der Waals surface area contributed by atoms with Crippen LogP contribution in [0.15, 0.2) is 0 Å². The van der Waals surface area contributed by atoms with Crippen LogP contribution in [0.1, 0.15) is 40.0 Å². The minimum Gasteiger partial charge on any atom is -0.329 e. The van der Waals surface area contributed by atoms with Gasteiger partial charge in [-0.05, 0) is 38.6 Å². The van der Waals surface area contributed by atoms with Gasteiger partial charge in [0.2, 0.25) is 0 Å². The van der Waals surface area contributed by atoms with Crippen molar-refractivity contribution in [3.8, 4) is 0 Å². The molecule has 0 aliphatic carbocycles. The van der Waals surface area contributed by atoms with Crippen molar-refractivity contribution in [2.45, 2.75) is 52.1 Å². The van der Waals surface area contributed by atoms with Gasteiger partial charge in [0.05, 0.1) is 0 Å². The summed E-state index contributed by atoms with van der Waals surface area (Å²) in [6.07, 6.45) is 3.92. The van der Waals surface area contributed by atoms with Gasteiger partial charge in [0.15, 0.2) is 0 Å². The zero-order chi connectivity index (χ0) is 9.84. The topological polar surface area (TPSA) is 29.3 Å². The molecule has 0 aromatic heterocycles. The Morgan fingerprint density at radius 2 is 2.15 bits per heavy atom. The summed E-state index contributed by atoms with van der Waals surface area (Å²) in [6, 6.07) is 1.33. The average Bonchev–Trinajstić information content (AvgIpc) is 2.14. The van der Waals surface area contributed by atoms with Crippen molar-refractivity contribution in [1.29, 1.82) is 0 Å². The van der Waals surface area contributed by atoms with Crippen molar-refractivity contribution in [3.63, 3.8) is 0 Å². The molecule has 0 bridgehead atoms. The second-order valence-corrected chi connectivity index (χ2v) is 4.40. The lowest BCUT2D eigenvalue weighted by Crippen LogP contribution is -2.50. The fourth-order valence-electron chi connectivity index (χ4n) is 2.42. The van der Waals surface area contributed by atoms with Crippen LogP contribution < -0.4 is 5.73 Å². The second kappa shape index (κ2) is 4.97. The Hall–Kier alpha value is -0.0800. The highest BCUT2D eigenvalue weighted by Crippen LogP contribution is 2.25. The molecule has 0 aromatic rings. The van der Waals surface area contributed by atoms with E-state index in [1.54, 1.807) is 0 Å². The maximum Gasteiger partial charge on any atom is 0.0218 e. The quantitative estimate of drug-likeness (QED) is 0.725. The molecule has 0 aromatic carbocycles. The molecule has 1 aliphatic heterocycles. The molecule has 0 amide bonds. The third-order valence-electron chi connectivity index (χ3n) is 3.63. The Bertz CT molecular complexity index is 141. The van der Waals surface area contributed by atoms with Gasteiger partial charge in [-0.25, -0.2) is 0 Å². The summed E-state index contributed by atoms with van der Waals surface area (Å²) in [4.78, 5) is 2.61. The molecule has 1 fully saturated rings. The Kier molecular flexibility index (Phi) is 4.20. The zero-order valence-electron chi connectivity index (χ0n) is 9.29. The van der Waals surface area contributed by atoms with Gasteiger partial charge in [-0.1, -0.05) is 13.8 Å². The molecule has 3 unspecified atom stereocenters. The summed E-state index contributed by atoms with van der Waals surface area (Å²) in [6.45, 7) is 9.01. The summed E-state index contributed by atoms with van der Waals surface area (Å²) in [5.41, 5.74) is 5.78. The van der Waals surface area contributed by atoms with Crippen LogP contribution in [0.3, 0.4) is 0 Å². The molecule has 2 heteroatoms. The van der Waals surface area contributed by atoms with E-state index in [4.69, 9.17) is 5.73 Å². The molecule has 13 heavy (non-hydrogen) atoms. The van der Waals surface area contributed by atoms with E-state index in [2.05, 4.69) is 25.7 Å². The highest BCUT2D eigenvalue weighted by atomic mass is 15.2. The Morgan fingerprint density at radius 3 is 2.69 bits per heavy atom. The minimum absolute atomic E-state index is 0.609. The Labute approximate surface area is 82.5 Å². The van der Waals surface area contributed by atoms with Gasteiger partial charge in [-0.2, -0.15) is 0 Å². The van der Waals surface area contributed by atoms with Crippen LogP contribution >= 0.6 is 0 Å². The first-order valence-corrected chi connectivity index (χ1v) is 5.66. The van der Waals surface area contributed by atoms with Crippen molar-refractivity contribution < 1.29 is 0 Å². The van der Waals surface area contributed by atoms with Crippen LogP contribution in [0.2, 0.25) is 0 Å². The number of hydrogen-bond donors (Lipinski definition) is 1. The molecule has 0 spiro atoms. The summed E-state index contributed by atoms with van der Waals surface area (Å²) in [5.74, 6) is 0.842. The van der Waals surface area contributed by atoms with Crippen LogP contribution in [-0.4, -0.2) is 30.1 Å². The van der Waals surface area contributed by atoms with E-state index < -0.39 is 0 Å². The molecule has 0 radical (unpaired) electrons. The first kappa shape index (κ1) is 11.0. The van der Waals surface area contributed by atoms with Crippen LogP contribution in [0.4, 0.5) is 0 Å². The number of rotatable bonds is 3. The van der Waals surface area contributed by atoms with Gasteiger partial charge in [-0.3, -0.25) is 4.90 Å². The Morgan fingerprint density at radius 1 is 1.46 bits per heavy atom. The number of piperidine rings is 1. The minimum atomic E-state index is 0.609. The predicted octanol–water partition coefficient (Wildman–Crippen LogP) is 1.84. The van der Waals surface area contributed by atoms with Gasteiger partial charge in [0.1, 0.15) is 0 Å². The number of hydrogen-bond acceptors (Lipinski definition) is 2. The fraction of sp³-hybridized carbons (Fsp3) is 1.00. The molecule has 1 heterocycles. The smallest absolute Gasteiger partial charge is 0.0218 e. The van der Waals surface area contributed by atoms with Gasteiger partial charge in [0.25, 0.3) is 0 Å². The van der Waals surface area contributed by atoms with Crippen LogP contribution in [0, 0.1) is 5.92 Å². The lowest BCUT2D eigenvalue weighted by atomic mass is 9.90. The van der Waals surface area contributed by atoms with E-state index in [0.29, 0.717) is 6.04 Å². The molecule has 2 N–H and O–H groups in total. The number of nitrogens with zero attached hydrogens (tertiary/aromatic N) is 1. The summed E-state index contributed by atoms with van der Waals surface area (Å²) in [7, 11) is 0. The lowest BCUT2D eigenvalue weighted by Gasteiger charge is -2.42. The largest absolute Gasteiger partial charge is 0.329 e. The van der Waals surface area contributed by atoms with Crippen molar-refractivity contribution in [1.82, 2.24) is 4.90 Å².